The number of ether oxygens (including phenoxy) is 2. The SMILES string of the molecule is COc1c(C(C)C)cc2c(c1OC)[C@@]1(C(=O)O)CCCC(C)(C)[C@@H]1C=C2. The molecule has 0 heterocycles. The van der Waals surface area contributed by atoms with Gasteiger partial charge in [0.15, 0.2) is 11.5 Å². The van der Waals surface area contributed by atoms with Crippen molar-refractivity contribution in [2.45, 2.75) is 58.3 Å². The molecular formula is C22H30O4. The smallest absolute Gasteiger partial charge is 0.314 e. The van der Waals surface area contributed by atoms with Crippen molar-refractivity contribution in [3.05, 3.63) is 28.8 Å². The fraction of sp³-hybridized carbons (Fsp3) is 0.591. The molecule has 1 aromatic rings. The number of hydrogen-bond donors (Lipinski definition) is 1. The van der Waals surface area contributed by atoms with Gasteiger partial charge in [-0.1, -0.05) is 46.3 Å². The summed E-state index contributed by atoms with van der Waals surface area (Å²) in [4.78, 5) is 12.7. The van der Waals surface area contributed by atoms with Crippen LogP contribution in [0.5, 0.6) is 11.5 Å². The molecule has 2 aliphatic carbocycles. The summed E-state index contributed by atoms with van der Waals surface area (Å²) in [6, 6.07) is 2.08. The maximum absolute atomic E-state index is 12.7. The zero-order valence-corrected chi connectivity index (χ0v) is 16.7. The maximum Gasteiger partial charge on any atom is 0.314 e. The van der Waals surface area contributed by atoms with Crippen LogP contribution in [0.1, 0.15) is 69.6 Å². The monoisotopic (exact) mass is 358 g/mol. The first-order valence-corrected chi connectivity index (χ1v) is 9.41. The van der Waals surface area contributed by atoms with E-state index in [0.717, 1.165) is 29.5 Å². The number of carboxylic acid groups (broad SMARTS) is 1. The Balaban J connectivity index is 2.40. The van der Waals surface area contributed by atoms with E-state index in [0.29, 0.717) is 17.9 Å². The number of methoxy groups -OCH3 is 2. The van der Waals surface area contributed by atoms with Crippen LogP contribution in [0.25, 0.3) is 6.08 Å². The molecule has 0 bridgehead atoms. The minimum Gasteiger partial charge on any atom is -0.493 e. The maximum atomic E-state index is 12.7. The highest BCUT2D eigenvalue weighted by Crippen LogP contribution is 2.60. The second-order valence-electron chi connectivity index (χ2n) is 8.61. The first kappa shape index (κ1) is 18.8. The van der Waals surface area contributed by atoms with E-state index in [-0.39, 0.29) is 17.3 Å². The molecule has 0 aromatic heterocycles. The van der Waals surface area contributed by atoms with Crippen LogP contribution >= 0.6 is 0 Å². The summed E-state index contributed by atoms with van der Waals surface area (Å²) in [6.07, 6.45) is 6.73. The van der Waals surface area contributed by atoms with Gasteiger partial charge in [0.25, 0.3) is 0 Å². The van der Waals surface area contributed by atoms with Gasteiger partial charge in [0.05, 0.1) is 14.2 Å². The van der Waals surface area contributed by atoms with Crippen LogP contribution < -0.4 is 9.47 Å². The zero-order valence-electron chi connectivity index (χ0n) is 16.7. The van der Waals surface area contributed by atoms with Crippen molar-refractivity contribution >= 4 is 12.0 Å². The Morgan fingerprint density at radius 1 is 1.19 bits per heavy atom. The van der Waals surface area contributed by atoms with Crippen LogP contribution in [-0.2, 0) is 10.2 Å². The normalized spacial score (nSPS) is 26.2. The summed E-state index contributed by atoms with van der Waals surface area (Å²) < 4.78 is 11.5. The molecule has 142 valence electrons. The minimum atomic E-state index is -0.972. The molecule has 4 heteroatoms. The number of hydrogen-bond acceptors (Lipinski definition) is 3. The highest BCUT2D eigenvalue weighted by molar-refractivity contribution is 5.89. The Morgan fingerprint density at radius 2 is 1.85 bits per heavy atom. The van der Waals surface area contributed by atoms with E-state index in [1.807, 2.05) is 0 Å². The molecule has 0 radical (unpaired) electrons. The molecule has 0 saturated heterocycles. The van der Waals surface area contributed by atoms with E-state index < -0.39 is 11.4 Å². The quantitative estimate of drug-likeness (QED) is 0.822. The van der Waals surface area contributed by atoms with Gasteiger partial charge in [-0.15, -0.1) is 0 Å². The predicted molar refractivity (Wildman–Crippen MR) is 103 cm³/mol. The number of carbonyl (C=O) groups is 1. The van der Waals surface area contributed by atoms with Gasteiger partial charge in [-0.3, -0.25) is 4.79 Å². The van der Waals surface area contributed by atoms with Gasteiger partial charge in [-0.25, -0.2) is 0 Å². The van der Waals surface area contributed by atoms with Crippen LogP contribution in [0.15, 0.2) is 12.1 Å². The van der Waals surface area contributed by atoms with Crippen molar-refractivity contribution < 1.29 is 19.4 Å². The van der Waals surface area contributed by atoms with Gasteiger partial charge in [0, 0.05) is 17.0 Å². The number of rotatable bonds is 4. The summed E-state index contributed by atoms with van der Waals surface area (Å²) in [6.45, 7) is 8.57. The van der Waals surface area contributed by atoms with Gasteiger partial charge in [-0.05, 0) is 35.8 Å². The lowest BCUT2D eigenvalue weighted by Gasteiger charge is -2.51. The number of benzene rings is 1. The topological polar surface area (TPSA) is 55.8 Å². The van der Waals surface area contributed by atoms with Crippen molar-refractivity contribution in [2.75, 3.05) is 14.2 Å². The molecule has 0 amide bonds. The lowest BCUT2D eigenvalue weighted by atomic mass is 9.51. The standard InChI is InChI=1S/C22H30O4/c1-13(2)15-12-14-8-9-16-21(3,4)10-7-11-22(16,20(23)24)17(14)19(26-6)18(15)25-5/h8-9,12-13,16H,7,10-11H2,1-6H3,(H,23,24)/t16-,22+/m0/s1. The Labute approximate surface area is 156 Å². The molecule has 4 nitrogen and oxygen atoms in total. The summed E-state index contributed by atoms with van der Waals surface area (Å²) >= 11 is 0. The van der Waals surface area contributed by atoms with Gasteiger partial charge in [-0.2, -0.15) is 0 Å². The fourth-order valence-electron chi connectivity index (χ4n) is 5.16. The average Bonchev–Trinajstić information content (AvgIpc) is 2.58. The lowest BCUT2D eigenvalue weighted by molar-refractivity contribution is -0.150. The van der Waals surface area contributed by atoms with Crippen LogP contribution in [0.3, 0.4) is 0 Å². The van der Waals surface area contributed by atoms with E-state index >= 15 is 0 Å². The third-order valence-electron chi connectivity index (χ3n) is 6.39. The molecule has 3 rings (SSSR count). The van der Waals surface area contributed by atoms with Crippen LogP contribution in [0.4, 0.5) is 0 Å². The molecule has 1 N–H and O–H groups in total. The largest absolute Gasteiger partial charge is 0.493 e. The summed E-state index contributed by atoms with van der Waals surface area (Å²) in [5, 5.41) is 10.4. The predicted octanol–water partition coefficient (Wildman–Crippen LogP) is 5.00. The number of allylic oxidation sites excluding steroid dienone is 1. The van der Waals surface area contributed by atoms with E-state index in [1.54, 1.807) is 14.2 Å². The summed E-state index contributed by atoms with van der Waals surface area (Å²) in [5.41, 5.74) is 1.72. The zero-order chi connectivity index (χ0) is 19.3. The first-order valence-electron chi connectivity index (χ1n) is 9.41. The van der Waals surface area contributed by atoms with Crippen molar-refractivity contribution in [3.8, 4) is 11.5 Å². The molecule has 1 saturated carbocycles. The number of aliphatic carboxylic acids is 1. The number of fused-ring (bicyclic) bond motifs is 3. The highest BCUT2D eigenvalue weighted by Gasteiger charge is 2.57. The van der Waals surface area contributed by atoms with Crippen molar-refractivity contribution in [3.63, 3.8) is 0 Å². The third kappa shape index (κ3) is 2.45. The van der Waals surface area contributed by atoms with Gasteiger partial charge in [0.1, 0.15) is 5.41 Å². The second kappa shape index (κ2) is 6.33. The summed E-state index contributed by atoms with van der Waals surface area (Å²) in [7, 11) is 3.24. The van der Waals surface area contributed by atoms with Gasteiger partial charge < -0.3 is 14.6 Å². The van der Waals surface area contributed by atoms with Crippen molar-refractivity contribution in [1.29, 1.82) is 0 Å². The van der Waals surface area contributed by atoms with Crippen molar-refractivity contribution in [1.82, 2.24) is 0 Å². The van der Waals surface area contributed by atoms with E-state index in [9.17, 15) is 9.90 Å². The number of carboxylic acids is 1. The lowest BCUT2D eigenvalue weighted by Crippen LogP contribution is -2.52. The van der Waals surface area contributed by atoms with Crippen molar-refractivity contribution in [2.24, 2.45) is 11.3 Å². The van der Waals surface area contributed by atoms with E-state index in [2.05, 4.69) is 45.9 Å². The molecule has 0 unspecified atom stereocenters. The minimum absolute atomic E-state index is 0.0720. The molecule has 1 aromatic carbocycles. The highest BCUT2D eigenvalue weighted by atomic mass is 16.5. The Kier molecular flexibility index (Phi) is 4.58. The summed E-state index contributed by atoms with van der Waals surface area (Å²) in [5.74, 6) is 0.664. The Hall–Kier alpha value is -1.97. The molecule has 2 aliphatic rings. The van der Waals surface area contributed by atoms with E-state index in [4.69, 9.17) is 9.47 Å². The molecule has 2 atom stereocenters. The Morgan fingerprint density at radius 3 is 2.38 bits per heavy atom. The molecule has 0 aliphatic heterocycles. The molecule has 1 fully saturated rings. The molecule has 0 spiro atoms. The molecular weight excluding hydrogens is 328 g/mol. The van der Waals surface area contributed by atoms with Crippen LogP contribution in [-0.4, -0.2) is 25.3 Å². The Bertz CT molecular complexity index is 760. The average molecular weight is 358 g/mol. The molecule has 26 heavy (non-hydrogen) atoms. The van der Waals surface area contributed by atoms with Gasteiger partial charge in [0.2, 0.25) is 0 Å². The first-order chi connectivity index (χ1) is 12.2. The van der Waals surface area contributed by atoms with Crippen LogP contribution in [0, 0.1) is 11.3 Å². The van der Waals surface area contributed by atoms with Crippen LogP contribution in [0.2, 0.25) is 0 Å². The third-order valence-corrected chi connectivity index (χ3v) is 6.39. The fourth-order valence-corrected chi connectivity index (χ4v) is 5.16. The second-order valence-corrected chi connectivity index (χ2v) is 8.61. The van der Waals surface area contributed by atoms with Gasteiger partial charge >= 0.3 is 5.97 Å². The van der Waals surface area contributed by atoms with E-state index in [1.165, 1.54) is 0 Å².